The van der Waals surface area contributed by atoms with Crippen LogP contribution < -0.4 is 10.6 Å². The first-order valence-electron chi connectivity index (χ1n) is 6.63. The van der Waals surface area contributed by atoms with Crippen LogP contribution in [0.15, 0.2) is 0 Å². The molecule has 0 fully saturated rings. The minimum absolute atomic E-state index is 0.304. The summed E-state index contributed by atoms with van der Waals surface area (Å²) in [6.07, 6.45) is 1.44. The fourth-order valence-electron chi connectivity index (χ4n) is 1.63. The summed E-state index contributed by atoms with van der Waals surface area (Å²) in [6, 6.07) is -0.909. The van der Waals surface area contributed by atoms with E-state index in [2.05, 4.69) is 20.3 Å². The molecule has 0 aromatic carbocycles. The van der Waals surface area contributed by atoms with Gasteiger partial charge in [0.2, 0.25) is 0 Å². The Balaban J connectivity index is 4.05. The van der Waals surface area contributed by atoms with Gasteiger partial charge in [-0.05, 0) is 39.4 Å². The van der Waals surface area contributed by atoms with Crippen molar-refractivity contribution in [3.05, 3.63) is 0 Å². The summed E-state index contributed by atoms with van der Waals surface area (Å²) in [5, 5.41) is 5.39. The summed E-state index contributed by atoms with van der Waals surface area (Å²) >= 11 is 0. The number of nitrogens with zero attached hydrogens (tertiary/aromatic N) is 1. The highest BCUT2D eigenvalue weighted by Crippen LogP contribution is 2.05. The molecule has 0 rings (SSSR count). The Kier molecular flexibility index (Phi) is 8.95. The molecule has 0 heterocycles. The molecule has 19 heavy (non-hydrogen) atoms. The largest absolute Gasteiger partial charge is 0.467 e. The minimum atomic E-state index is -0.584. The van der Waals surface area contributed by atoms with Crippen LogP contribution in [0.3, 0.4) is 0 Å². The Morgan fingerprint density at radius 2 is 1.89 bits per heavy atom. The third-order valence-electron chi connectivity index (χ3n) is 2.57. The lowest BCUT2D eigenvalue weighted by Crippen LogP contribution is -2.47. The van der Waals surface area contributed by atoms with E-state index in [0.29, 0.717) is 18.9 Å². The number of hydrogen-bond acceptors (Lipinski definition) is 4. The second kappa shape index (κ2) is 9.61. The molecule has 0 saturated carbocycles. The zero-order chi connectivity index (χ0) is 14.8. The van der Waals surface area contributed by atoms with Gasteiger partial charge >= 0.3 is 12.0 Å². The Labute approximate surface area is 115 Å². The van der Waals surface area contributed by atoms with Gasteiger partial charge in [-0.3, -0.25) is 0 Å². The van der Waals surface area contributed by atoms with Gasteiger partial charge in [-0.2, -0.15) is 0 Å². The molecule has 0 saturated heterocycles. The second-order valence-electron chi connectivity index (χ2n) is 5.26. The molecule has 112 valence electrons. The summed E-state index contributed by atoms with van der Waals surface area (Å²) in [5.41, 5.74) is 0. The van der Waals surface area contributed by atoms with Crippen LogP contribution in [-0.2, 0) is 9.53 Å². The van der Waals surface area contributed by atoms with Gasteiger partial charge in [-0.15, -0.1) is 0 Å². The molecule has 2 N–H and O–H groups in total. The summed E-state index contributed by atoms with van der Waals surface area (Å²) in [6.45, 7) is 5.48. The maximum Gasteiger partial charge on any atom is 0.328 e. The molecule has 0 aromatic heterocycles. The van der Waals surface area contributed by atoms with E-state index in [4.69, 9.17) is 0 Å². The molecule has 0 aromatic rings. The standard InChI is InChI=1S/C13H27N3O3/c1-10(2)9-11(12(17)19-5)15-13(18)14-7-6-8-16(3)4/h10-11H,6-9H2,1-5H3,(H2,14,15,18). The van der Waals surface area contributed by atoms with Crippen molar-refractivity contribution in [3.8, 4) is 0 Å². The maximum absolute atomic E-state index is 11.7. The van der Waals surface area contributed by atoms with Gasteiger partial charge < -0.3 is 20.3 Å². The summed E-state index contributed by atoms with van der Waals surface area (Å²) in [5.74, 6) is -0.102. The molecule has 0 bridgehead atoms. The van der Waals surface area contributed by atoms with Crippen molar-refractivity contribution < 1.29 is 14.3 Å². The number of methoxy groups -OCH3 is 1. The molecular formula is C13H27N3O3. The van der Waals surface area contributed by atoms with E-state index in [1.165, 1.54) is 7.11 Å². The summed E-state index contributed by atoms with van der Waals surface area (Å²) in [4.78, 5) is 25.2. The number of carbonyl (C=O) groups excluding carboxylic acids is 2. The molecule has 1 atom stereocenters. The van der Waals surface area contributed by atoms with Gasteiger partial charge in [0, 0.05) is 6.54 Å². The van der Waals surface area contributed by atoms with Crippen molar-refractivity contribution in [2.75, 3.05) is 34.3 Å². The van der Waals surface area contributed by atoms with E-state index in [-0.39, 0.29) is 6.03 Å². The van der Waals surface area contributed by atoms with E-state index >= 15 is 0 Å². The predicted molar refractivity (Wildman–Crippen MR) is 75.0 cm³/mol. The first kappa shape index (κ1) is 17.7. The number of urea groups is 1. The highest BCUT2D eigenvalue weighted by atomic mass is 16.5. The molecular weight excluding hydrogens is 246 g/mol. The number of nitrogens with one attached hydrogen (secondary N) is 2. The van der Waals surface area contributed by atoms with Gasteiger partial charge in [0.25, 0.3) is 0 Å². The van der Waals surface area contributed by atoms with E-state index in [1.54, 1.807) is 0 Å². The lowest BCUT2D eigenvalue weighted by molar-refractivity contribution is -0.143. The molecule has 0 aliphatic heterocycles. The summed E-state index contributed by atoms with van der Waals surface area (Å²) in [7, 11) is 5.29. The van der Waals surface area contributed by atoms with Gasteiger partial charge in [-0.25, -0.2) is 9.59 Å². The van der Waals surface area contributed by atoms with Crippen molar-refractivity contribution in [1.82, 2.24) is 15.5 Å². The number of hydrogen-bond donors (Lipinski definition) is 2. The van der Waals surface area contributed by atoms with Gasteiger partial charge in [-0.1, -0.05) is 13.8 Å². The molecule has 0 radical (unpaired) electrons. The van der Waals surface area contributed by atoms with Crippen LogP contribution in [0.2, 0.25) is 0 Å². The Morgan fingerprint density at radius 3 is 2.37 bits per heavy atom. The first-order valence-corrected chi connectivity index (χ1v) is 6.63. The van der Waals surface area contributed by atoms with E-state index < -0.39 is 12.0 Å². The number of esters is 1. The Bertz CT molecular complexity index is 280. The zero-order valence-electron chi connectivity index (χ0n) is 12.7. The van der Waals surface area contributed by atoms with Crippen molar-refractivity contribution in [1.29, 1.82) is 0 Å². The number of amides is 2. The van der Waals surface area contributed by atoms with Crippen LogP contribution in [0.25, 0.3) is 0 Å². The third-order valence-corrected chi connectivity index (χ3v) is 2.57. The van der Waals surface area contributed by atoms with Crippen LogP contribution in [-0.4, -0.2) is 57.2 Å². The van der Waals surface area contributed by atoms with Crippen LogP contribution in [0.4, 0.5) is 4.79 Å². The Morgan fingerprint density at radius 1 is 1.26 bits per heavy atom. The van der Waals surface area contributed by atoms with Gasteiger partial charge in [0.1, 0.15) is 6.04 Å². The average Bonchev–Trinajstić information content (AvgIpc) is 2.32. The van der Waals surface area contributed by atoms with Crippen LogP contribution in [0, 0.1) is 5.92 Å². The normalized spacial score (nSPS) is 12.4. The van der Waals surface area contributed by atoms with Crippen molar-refractivity contribution in [3.63, 3.8) is 0 Å². The van der Waals surface area contributed by atoms with Crippen LogP contribution >= 0.6 is 0 Å². The molecule has 1 unspecified atom stereocenters. The number of ether oxygens (including phenoxy) is 1. The lowest BCUT2D eigenvalue weighted by atomic mass is 10.0. The fraction of sp³-hybridized carbons (Fsp3) is 0.846. The molecule has 6 nitrogen and oxygen atoms in total. The predicted octanol–water partition coefficient (Wildman–Crippen LogP) is 0.825. The van der Waals surface area contributed by atoms with Crippen molar-refractivity contribution >= 4 is 12.0 Å². The van der Waals surface area contributed by atoms with E-state index in [0.717, 1.165) is 13.0 Å². The quantitative estimate of drug-likeness (QED) is 0.507. The number of rotatable bonds is 8. The van der Waals surface area contributed by atoms with E-state index in [9.17, 15) is 9.59 Å². The van der Waals surface area contributed by atoms with Crippen molar-refractivity contribution in [2.45, 2.75) is 32.7 Å². The van der Waals surface area contributed by atoms with Gasteiger partial charge in [0.05, 0.1) is 7.11 Å². The van der Waals surface area contributed by atoms with Crippen LogP contribution in [0.1, 0.15) is 26.7 Å². The second-order valence-corrected chi connectivity index (χ2v) is 5.26. The molecule has 0 aliphatic rings. The highest BCUT2D eigenvalue weighted by molar-refractivity contribution is 5.83. The first-order chi connectivity index (χ1) is 8.86. The maximum atomic E-state index is 11.7. The zero-order valence-corrected chi connectivity index (χ0v) is 12.7. The fourth-order valence-corrected chi connectivity index (χ4v) is 1.63. The molecule has 0 aliphatic carbocycles. The van der Waals surface area contributed by atoms with Crippen LogP contribution in [0.5, 0.6) is 0 Å². The van der Waals surface area contributed by atoms with E-state index in [1.807, 2.05) is 27.9 Å². The van der Waals surface area contributed by atoms with Gasteiger partial charge in [0.15, 0.2) is 0 Å². The minimum Gasteiger partial charge on any atom is -0.467 e. The monoisotopic (exact) mass is 273 g/mol. The van der Waals surface area contributed by atoms with Crippen molar-refractivity contribution in [2.24, 2.45) is 5.92 Å². The summed E-state index contributed by atoms with van der Waals surface area (Å²) < 4.78 is 4.68. The smallest absolute Gasteiger partial charge is 0.328 e. The SMILES string of the molecule is COC(=O)C(CC(C)C)NC(=O)NCCCN(C)C. The molecule has 0 spiro atoms. The average molecular weight is 273 g/mol. The topological polar surface area (TPSA) is 70.7 Å². The number of carbonyl (C=O) groups is 2. The third kappa shape index (κ3) is 9.30. The molecule has 2 amide bonds. The highest BCUT2D eigenvalue weighted by Gasteiger charge is 2.22. The lowest BCUT2D eigenvalue weighted by Gasteiger charge is -2.18. The molecule has 6 heteroatoms. The Hall–Kier alpha value is -1.30.